The molecule has 0 saturated heterocycles. The maximum Gasteiger partial charge on any atom is 0.179 e. The molecule has 96 valence electrons. The van der Waals surface area contributed by atoms with E-state index in [0.717, 1.165) is 28.6 Å². The molecule has 1 aromatic carbocycles. The van der Waals surface area contributed by atoms with Gasteiger partial charge >= 0.3 is 0 Å². The summed E-state index contributed by atoms with van der Waals surface area (Å²) in [5.74, 6) is 0.217. The Morgan fingerprint density at radius 1 is 1.26 bits per heavy atom. The number of para-hydroxylation sites is 1. The molecule has 1 fully saturated rings. The molecule has 3 heteroatoms. The molecule has 0 radical (unpaired) electrons. The molecule has 1 aromatic heterocycles. The topological polar surface area (TPSA) is 39.1 Å². The van der Waals surface area contributed by atoms with Crippen molar-refractivity contribution in [1.29, 1.82) is 0 Å². The fourth-order valence-corrected chi connectivity index (χ4v) is 4.03. The van der Waals surface area contributed by atoms with Crippen molar-refractivity contribution in [3.8, 4) is 0 Å². The normalized spacial score (nSPS) is 29.1. The number of benzene rings is 1. The van der Waals surface area contributed by atoms with E-state index in [4.69, 9.17) is 0 Å². The zero-order chi connectivity index (χ0) is 13.4. The lowest BCUT2D eigenvalue weighted by atomic mass is 9.79. The minimum atomic E-state index is -0.799. The van der Waals surface area contributed by atoms with Crippen LogP contribution in [-0.2, 0) is 11.8 Å². The van der Waals surface area contributed by atoms with E-state index in [9.17, 15) is 9.59 Å². The first-order valence-corrected chi connectivity index (χ1v) is 6.72. The van der Waals surface area contributed by atoms with Gasteiger partial charge in [0.25, 0.3) is 0 Å². The monoisotopic (exact) mass is 253 g/mol. The lowest BCUT2D eigenvalue weighted by Crippen LogP contribution is -2.31. The number of hydrogen-bond acceptors (Lipinski definition) is 2. The van der Waals surface area contributed by atoms with Gasteiger partial charge in [0.05, 0.1) is 5.41 Å². The zero-order valence-electron chi connectivity index (χ0n) is 11.1. The third-order valence-electron chi connectivity index (χ3n) is 5.12. The molecule has 0 amide bonds. The number of fused-ring (bicyclic) bond motifs is 5. The van der Waals surface area contributed by atoms with Crippen LogP contribution in [0.5, 0.6) is 0 Å². The number of aryl methyl sites for hydroxylation is 1. The molecule has 0 bridgehead atoms. The third kappa shape index (κ3) is 1.02. The summed E-state index contributed by atoms with van der Waals surface area (Å²) in [5, 5.41) is 0.994. The predicted molar refractivity (Wildman–Crippen MR) is 72.3 cm³/mol. The average molecular weight is 253 g/mol. The highest BCUT2D eigenvalue weighted by molar-refractivity contribution is 6.24. The fourth-order valence-electron chi connectivity index (χ4n) is 4.03. The van der Waals surface area contributed by atoms with Gasteiger partial charge in [-0.1, -0.05) is 18.2 Å². The van der Waals surface area contributed by atoms with Crippen LogP contribution in [-0.4, -0.2) is 16.1 Å². The Balaban J connectivity index is 2.12. The quantitative estimate of drug-likeness (QED) is 0.677. The zero-order valence-corrected chi connectivity index (χ0v) is 11.1. The average Bonchev–Trinajstić information content (AvgIpc) is 2.94. The summed E-state index contributed by atoms with van der Waals surface area (Å²) in [4.78, 5) is 25.0. The van der Waals surface area contributed by atoms with Crippen molar-refractivity contribution in [2.75, 3.05) is 0 Å². The fraction of sp³-hybridized carbons (Fsp3) is 0.375. The number of ketones is 2. The molecule has 0 unspecified atom stereocenters. The highest BCUT2D eigenvalue weighted by Gasteiger charge is 2.59. The molecule has 2 aliphatic carbocycles. The van der Waals surface area contributed by atoms with Crippen LogP contribution in [0.2, 0.25) is 0 Å². The van der Waals surface area contributed by atoms with Gasteiger partial charge in [-0.05, 0) is 19.4 Å². The molecule has 0 aliphatic heterocycles. The van der Waals surface area contributed by atoms with Crippen LogP contribution in [0.3, 0.4) is 0 Å². The SMILES string of the molecule is Cn1c2c(c3ccccc31)C(=O)[C@]1(C)C(=O)CC[C@H]21. The van der Waals surface area contributed by atoms with Crippen LogP contribution in [0, 0.1) is 5.41 Å². The van der Waals surface area contributed by atoms with Crippen molar-refractivity contribution in [2.24, 2.45) is 12.5 Å². The molecule has 19 heavy (non-hydrogen) atoms. The number of aromatic nitrogens is 1. The van der Waals surface area contributed by atoms with E-state index in [1.54, 1.807) is 0 Å². The van der Waals surface area contributed by atoms with Gasteiger partial charge in [0, 0.05) is 41.5 Å². The summed E-state index contributed by atoms with van der Waals surface area (Å²) in [5.41, 5.74) is 2.15. The molecule has 1 heterocycles. The number of carbonyl (C=O) groups excluding carboxylic acids is 2. The number of nitrogens with zero attached hydrogens (tertiary/aromatic N) is 1. The maximum atomic E-state index is 12.8. The molecule has 2 aliphatic rings. The van der Waals surface area contributed by atoms with Crippen LogP contribution in [0.15, 0.2) is 24.3 Å². The molecule has 1 saturated carbocycles. The van der Waals surface area contributed by atoms with E-state index in [-0.39, 0.29) is 17.5 Å². The second-order valence-electron chi connectivity index (χ2n) is 5.88. The molecule has 2 aromatic rings. The van der Waals surface area contributed by atoms with Crippen LogP contribution < -0.4 is 0 Å². The van der Waals surface area contributed by atoms with E-state index >= 15 is 0 Å². The van der Waals surface area contributed by atoms with E-state index in [0.29, 0.717) is 6.42 Å². The van der Waals surface area contributed by atoms with Crippen molar-refractivity contribution in [3.63, 3.8) is 0 Å². The Labute approximate surface area is 111 Å². The second-order valence-corrected chi connectivity index (χ2v) is 5.88. The number of rotatable bonds is 0. The smallest absolute Gasteiger partial charge is 0.179 e. The van der Waals surface area contributed by atoms with Crippen molar-refractivity contribution in [1.82, 2.24) is 4.57 Å². The van der Waals surface area contributed by atoms with Gasteiger partial charge in [-0.3, -0.25) is 9.59 Å². The molecule has 4 rings (SSSR count). The first-order chi connectivity index (χ1) is 9.06. The highest BCUT2D eigenvalue weighted by atomic mass is 16.2. The van der Waals surface area contributed by atoms with Crippen LogP contribution in [0.25, 0.3) is 10.9 Å². The van der Waals surface area contributed by atoms with Crippen LogP contribution >= 0.6 is 0 Å². The lowest BCUT2D eigenvalue weighted by Gasteiger charge is -2.21. The molecular formula is C16H15NO2. The third-order valence-corrected chi connectivity index (χ3v) is 5.12. The summed E-state index contributed by atoms with van der Waals surface area (Å²) in [6.07, 6.45) is 1.34. The molecular weight excluding hydrogens is 238 g/mol. The van der Waals surface area contributed by atoms with Gasteiger partial charge in [-0.15, -0.1) is 0 Å². The maximum absolute atomic E-state index is 12.8. The minimum Gasteiger partial charge on any atom is -0.347 e. The van der Waals surface area contributed by atoms with Crippen molar-refractivity contribution in [3.05, 3.63) is 35.5 Å². The Morgan fingerprint density at radius 3 is 2.79 bits per heavy atom. The highest BCUT2D eigenvalue weighted by Crippen LogP contribution is 2.56. The minimum absolute atomic E-state index is 0.0341. The number of Topliss-reactive ketones (excluding diaryl/α,β-unsaturated/α-hetero) is 2. The van der Waals surface area contributed by atoms with Crippen molar-refractivity contribution < 1.29 is 9.59 Å². The summed E-state index contributed by atoms with van der Waals surface area (Å²) >= 11 is 0. The summed E-state index contributed by atoms with van der Waals surface area (Å²) in [7, 11) is 2.00. The van der Waals surface area contributed by atoms with Crippen LogP contribution in [0.1, 0.15) is 41.7 Å². The second kappa shape index (κ2) is 3.16. The van der Waals surface area contributed by atoms with Gasteiger partial charge in [0.1, 0.15) is 5.78 Å². The summed E-state index contributed by atoms with van der Waals surface area (Å²) in [6.45, 7) is 1.84. The van der Waals surface area contributed by atoms with E-state index in [1.807, 2.05) is 38.2 Å². The Morgan fingerprint density at radius 2 is 2.00 bits per heavy atom. The standard InChI is InChI=1S/C16H15NO2/c1-16-10(7-8-12(16)18)14-13(15(16)19)9-5-3-4-6-11(9)17(14)2/h3-6,10H,7-8H2,1-2H3/t10-,16+/m1/s1. The van der Waals surface area contributed by atoms with Crippen molar-refractivity contribution in [2.45, 2.75) is 25.7 Å². The predicted octanol–water partition coefficient (Wildman–Crippen LogP) is 2.83. The largest absolute Gasteiger partial charge is 0.347 e. The summed E-state index contributed by atoms with van der Waals surface area (Å²) in [6, 6.07) is 7.96. The van der Waals surface area contributed by atoms with Gasteiger partial charge < -0.3 is 4.57 Å². The molecule has 0 spiro atoms. The van der Waals surface area contributed by atoms with Crippen LogP contribution in [0.4, 0.5) is 0 Å². The Bertz CT molecular complexity index is 755. The Hall–Kier alpha value is -1.90. The molecule has 3 nitrogen and oxygen atoms in total. The molecule has 2 atom stereocenters. The number of hydrogen-bond donors (Lipinski definition) is 0. The summed E-state index contributed by atoms with van der Waals surface area (Å²) < 4.78 is 2.11. The first-order valence-electron chi connectivity index (χ1n) is 6.72. The Kier molecular flexibility index (Phi) is 1.82. The van der Waals surface area contributed by atoms with E-state index in [1.165, 1.54) is 0 Å². The van der Waals surface area contributed by atoms with Gasteiger partial charge in [-0.25, -0.2) is 0 Å². The molecule has 0 N–H and O–H groups in total. The first kappa shape index (κ1) is 11.0. The van der Waals surface area contributed by atoms with Gasteiger partial charge in [0.2, 0.25) is 0 Å². The van der Waals surface area contributed by atoms with E-state index in [2.05, 4.69) is 4.57 Å². The van der Waals surface area contributed by atoms with Crippen molar-refractivity contribution >= 4 is 22.5 Å². The van der Waals surface area contributed by atoms with Gasteiger partial charge in [-0.2, -0.15) is 0 Å². The lowest BCUT2D eigenvalue weighted by molar-refractivity contribution is -0.123. The number of carbonyl (C=O) groups is 2. The van der Waals surface area contributed by atoms with E-state index < -0.39 is 5.41 Å². The van der Waals surface area contributed by atoms with Gasteiger partial charge in [0.15, 0.2) is 5.78 Å².